The number of thioether (sulfide) groups is 1. The second-order valence-electron chi connectivity index (χ2n) is 5.87. The number of hydrogen-bond acceptors (Lipinski definition) is 5. The lowest BCUT2D eigenvalue weighted by Gasteiger charge is -2.15. The van der Waals surface area contributed by atoms with Gasteiger partial charge in [-0.05, 0) is 45.0 Å². The van der Waals surface area contributed by atoms with Crippen LogP contribution in [0.5, 0.6) is 0 Å². The molecule has 0 saturated heterocycles. The monoisotopic (exact) mass is 368 g/mol. The van der Waals surface area contributed by atoms with Crippen LogP contribution in [0.1, 0.15) is 19.5 Å². The molecule has 1 N–H and O–H groups in total. The molecule has 0 aliphatic rings. The van der Waals surface area contributed by atoms with E-state index in [0.29, 0.717) is 28.4 Å². The molecule has 26 heavy (non-hydrogen) atoms. The SMILES string of the molecule is CCn1c(SC(C)C(=O)Nc2cccc(C)n2)nc2ccccc2c1=O. The number of aromatic nitrogens is 3. The lowest BCUT2D eigenvalue weighted by molar-refractivity contribution is -0.115. The van der Waals surface area contributed by atoms with Gasteiger partial charge in [0.05, 0.1) is 16.2 Å². The molecule has 2 aromatic heterocycles. The fourth-order valence-corrected chi connectivity index (χ4v) is 3.54. The van der Waals surface area contributed by atoms with Crippen LogP contribution in [-0.2, 0) is 11.3 Å². The number of amides is 1. The van der Waals surface area contributed by atoms with Crippen molar-refractivity contribution in [2.24, 2.45) is 0 Å². The van der Waals surface area contributed by atoms with Gasteiger partial charge in [-0.25, -0.2) is 9.97 Å². The highest BCUT2D eigenvalue weighted by Crippen LogP contribution is 2.23. The highest BCUT2D eigenvalue weighted by Gasteiger charge is 2.19. The van der Waals surface area contributed by atoms with Crippen LogP contribution in [0.3, 0.4) is 0 Å². The Balaban J connectivity index is 1.85. The number of benzene rings is 1. The first-order chi connectivity index (χ1) is 12.5. The highest BCUT2D eigenvalue weighted by molar-refractivity contribution is 8.00. The zero-order chi connectivity index (χ0) is 18.7. The van der Waals surface area contributed by atoms with E-state index in [1.165, 1.54) is 11.8 Å². The zero-order valence-electron chi connectivity index (χ0n) is 14.9. The number of hydrogen-bond donors (Lipinski definition) is 1. The Labute approximate surface area is 155 Å². The van der Waals surface area contributed by atoms with E-state index in [4.69, 9.17) is 0 Å². The van der Waals surface area contributed by atoms with E-state index in [9.17, 15) is 9.59 Å². The fraction of sp³-hybridized carbons (Fsp3) is 0.263. The number of carbonyl (C=O) groups excluding carboxylic acids is 1. The molecule has 1 aromatic carbocycles. The first kappa shape index (κ1) is 18.1. The van der Waals surface area contributed by atoms with E-state index in [-0.39, 0.29) is 11.5 Å². The molecule has 0 aliphatic carbocycles. The minimum absolute atomic E-state index is 0.0893. The first-order valence-corrected chi connectivity index (χ1v) is 9.28. The van der Waals surface area contributed by atoms with Crippen molar-refractivity contribution in [3.05, 3.63) is 58.5 Å². The van der Waals surface area contributed by atoms with Gasteiger partial charge in [-0.3, -0.25) is 14.2 Å². The molecule has 1 atom stereocenters. The van der Waals surface area contributed by atoms with Gasteiger partial charge in [0.1, 0.15) is 5.82 Å². The summed E-state index contributed by atoms with van der Waals surface area (Å²) in [5.41, 5.74) is 1.38. The smallest absolute Gasteiger partial charge is 0.262 e. The predicted octanol–water partition coefficient (Wildman–Crippen LogP) is 3.24. The van der Waals surface area contributed by atoms with Crippen LogP contribution in [0, 0.1) is 6.92 Å². The molecule has 0 bridgehead atoms. The minimum Gasteiger partial charge on any atom is -0.310 e. The van der Waals surface area contributed by atoms with Gasteiger partial charge in [0.2, 0.25) is 5.91 Å². The van der Waals surface area contributed by atoms with Crippen LogP contribution in [-0.4, -0.2) is 25.7 Å². The first-order valence-electron chi connectivity index (χ1n) is 8.40. The summed E-state index contributed by atoms with van der Waals surface area (Å²) in [6.45, 7) is 6.04. The molecular formula is C19H20N4O2S. The maximum absolute atomic E-state index is 12.7. The third kappa shape index (κ3) is 3.77. The average Bonchev–Trinajstić information content (AvgIpc) is 2.62. The quantitative estimate of drug-likeness (QED) is 0.553. The number of fused-ring (bicyclic) bond motifs is 1. The summed E-state index contributed by atoms with van der Waals surface area (Å²) in [5, 5.41) is 3.50. The van der Waals surface area contributed by atoms with Crippen molar-refractivity contribution >= 4 is 34.4 Å². The normalized spacial score (nSPS) is 12.1. The molecule has 0 saturated carbocycles. The molecule has 7 heteroatoms. The number of pyridine rings is 1. The van der Waals surface area contributed by atoms with Crippen molar-refractivity contribution in [3.8, 4) is 0 Å². The van der Waals surface area contributed by atoms with Crippen LogP contribution in [0.15, 0.2) is 52.4 Å². The van der Waals surface area contributed by atoms with E-state index < -0.39 is 5.25 Å². The van der Waals surface area contributed by atoms with Crippen LogP contribution in [0.4, 0.5) is 5.82 Å². The maximum atomic E-state index is 12.7. The lowest BCUT2D eigenvalue weighted by atomic mass is 10.2. The molecule has 0 spiro atoms. The van der Waals surface area contributed by atoms with Crippen LogP contribution < -0.4 is 10.9 Å². The van der Waals surface area contributed by atoms with Crippen LogP contribution >= 0.6 is 11.8 Å². The third-order valence-electron chi connectivity index (χ3n) is 3.93. The van der Waals surface area contributed by atoms with Crippen molar-refractivity contribution in [1.29, 1.82) is 0 Å². The van der Waals surface area contributed by atoms with Gasteiger partial charge in [0, 0.05) is 12.2 Å². The highest BCUT2D eigenvalue weighted by atomic mass is 32.2. The third-order valence-corrected chi connectivity index (χ3v) is 5.02. The van der Waals surface area contributed by atoms with Crippen LogP contribution in [0.2, 0.25) is 0 Å². The van der Waals surface area contributed by atoms with Gasteiger partial charge in [0.15, 0.2) is 5.16 Å². The molecule has 2 heterocycles. The van der Waals surface area contributed by atoms with Gasteiger partial charge >= 0.3 is 0 Å². The van der Waals surface area contributed by atoms with Crippen molar-refractivity contribution in [2.75, 3.05) is 5.32 Å². The molecule has 3 rings (SSSR count). The molecular weight excluding hydrogens is 348 g/mol. The number of nitrogens with one attached hydrogen (secondary N) is 1. The summed E-state index contributed by atoms with van der Waals surface area (Å²) in [6, 6.07) is 12.7. The average molecular weight is 368 g/mol. The van der Waals surface area contributed by atoms with E-state index in [1.54, 1.807) is 23.6 Å². The Morgan fingerprint density at radius 3 is 2.69 bits per heavy atom. The topological polar surface area (TPSA) is 76.9 Å². The summed E-state index contributed by atoms with van der Waals surface area (Å²) in [5.74, 6) is 0.333. The summed E-state index contributed by atoms with van der Waals surface area (Å²) >= 11 is 1.27. The van der Waals surface area contributed by atoms with Gasteiger partial charge in [-0.2, -0.15) is 0 Å². The van der Waals surface area contributed by atoms with Gasteiger partial charge < -0.3 is 5.32 Å². The number of anilines is 1. The van der Waals surface area contributed by atoms with Crippen LogP contribution in [0.25, 0.3) is 10.9 Å². The van der Waals surface area contributed by atoms with E-state index in [0.717, 1.165) is 5.69 Å². The molecule has 6 nitrogen and oxygen atoms in total. The number of aryl methyl sites for hydroxylation is 1. The summed E-state index contributed by atoms with van der Waals surface area (Å²) in [6.07, 6.45) is 0. The standard InChI is InChI=1S/C19H20N4O2S/c1-4-23-18(25)14-9-5-6-10-15(14)21-19(23)26-13(3)17(24)22-16-11-7-8-12(2)20-16/h5-11,13H,4H2,1-3H3,(H,20,22,24). The van der Waals surface area contributed by atoms with Crippen molar-refractivity contribution in [3.63, 3.8) is 0 Å². The number of para-hydroxylation sites is 1. The molecule has 134 valence electrons. The van der Waals surface area contributed by atoms with Gasteiger partial charge in [0.25, 0.3) is 5.56 Å². The molecule has 0 radical (unpaired) electrons. The number of nitrogens with zero attached hydrogens (tertiary/aromatic N) is 3. The Morgan fingerprint density at radius 1 is 1.19 bits per heavy atom. The van der Waals surface area contributed by atoms with Gasteiger partial charge in [-0.1, -0.05) is 30.0 Å². The minimum atomic E-state index is -0.428. The van der Waals surface area contributed by atoms with Crippen molar-refractivity contribution < 1.29 is 4.79 Å². The second kappa shape index (κ2) is 7.70. The number of rotatable bonds is 5. The fourth-order valence-electron chi connectivity index (χ4n) is 2.57. The Bertz CT molecular complexity index is 1020. The van der Waals surface area contributed by atoms with Crippen molar-refractivity contribution in [1.82, 2.24) is 14.5 Å². The summed E-state index contributed by atoms with van der Waals surface area (Å²) < 4.78 is 1.60. The molecule has 0 fully saturated rings. The maximum Gasteiger partial charge on any atom is 0.262 e. The number of carbonyl (C=O) groups is 1. The molecule has 0 aliphatic heterocycles. The van der Waals surface area contributed by atoms with E-state index >= 15 is 0 Å². The second-order valence-corrected chi connectivity index (χ2v) is 7.18. The summed E-state index contributed by atoms with van der Waals surface area (Å²) in [4.78, 5) is 34.0. The van der Waals surface area contributed by atoms with Crippen molar-refractivity contribution in [2.45, 2.75) is 37.7 Å². The zero-order valence-corrected chi connectivity index (χ0v) is 15.7. The molecule has 1 amide bonds. The predicted molar refractivity (Wildman–Crippen MR) is 105 cm³/mol. The molecule has 1 unspecified atom stereocenters. The lowest BCUT2D eigenvalue weighted by Crippen LogP contribution is -2.27. The summed E-state index contributed by atoms with van der Waals surface area (Å²) in [7, 11) is 0. The molecule has 3 aromatic rings. The van der Waals surface area contributed by atoms with E-state index in [1.807, 2.05) is 44.2 Å². The van der Waals surface area contributed by atoms with E-state index in [2.05, 4.69) is 15.3 Å². The largest absolute Gasteiger partial charge is 0.310 e. The van der Waals surface area contributed by atoms with Gasteiger partial charge in [-0.15, -0.1) is 0 Å². The Kier molecular flexibility index (Phi) is 5.37. The Hall–Kier alpha value is -2.67. The Morgan fingerprint density at radius 2 is 1.96 bits per heavy atom.